The number of carbonyl (C=O) groups excluding carboxylic acids is 1. The quantitative estimate of drug-likeness (QED) is 0.660. The minimum atomic E-state index is 0.0445. The molecule has 0 aromatic heterocycles. The molecule has 0 unspecified atom stereocenters. The van der Waals surface area contributed by atoms with Gasteiger partial charge in [-0.05, 0) is 43.0 Å². The Balaban J connectivity index is 1.55. The fourth-order valence-corrected chi connectivity index (χ4v) is 2.56. The van der Waals surface area contributed by atoms with Gasteiger partial charge in [0.25, 0.3) is 0 Å². The summed E-state index contributed by atoms with van der Waals surface area (Å²) in [5.41, 5.74) is 2.46. The number of para-hydroxylation sites is 1. The summed E-state index contributed by atoms with van der Waals surface area (Å²) < 4.78 is 5.32. The molecule has 0 aliphatic carbocycles. The highest BCUT2D eigenvalue weighted by Crippen LogP contribution is 2.17. The van der Waals surface area contributed by atoms with Gasteiger partial charge in [-0.1, -0.05) is 48.5 Å². The third-order valence-electron chi connectivity index (χ3n) is 3.86. The average molecular weight is 326 g/mol. The molecule has 0 saturated carbocycles. The zero-order valence-electron chi connectivity index (χ0n) is 14.3. The monoisotopic (exact) mass is 326 g/mol. The summed E-state index contributed by atoms with van der Waals surface area (Å²) >= 11 is 0. The van der Waals surface area contributed by atoms with E-state index in [2.05, 4.69) is 22.8 Å². The molecule has 128 valence electrons. The lowest BCUT2D eigenvalue weighted by Crippen LogP contribution is -2.35. The number of benzene rings is 2. The molecule has 4 heteroatoms. The van der Waals surface area contributed by atoms with Crippen LogP contribution in [0, 0.1) is 0 Å². The Hall–Kier alpha value is -2.33. The van der Waals surface area contributed by atoms with Crippen molar-refractivity contribution in [3.05, 3.63) is 65.7 Å². The van der Waals surface area contributed by atoms with Gasteiger partial charge in [0.15, 0.2) is 0 Å². The highest BCUT2D eigenvalue weighted by atomic mass is 16.5. The standard InChI is InChI=1S/C20H26N2O2/c1-24-19-12-6-5-11-18(19)13-15-21-16-20(23)22-14-7-10-17-8-3-2-4-9-17/h2-6,8-9,11-12,21H,7,10,13-16H2,1H3,(H,22,23). The summed E-state index contributed by atoms with van der Waals surface area (Å²) in [5.74, 6) is 0.938. The molecule has 1 amide bonds. The first-order valence-electron chi connectivity index (χ1n) is 8.43. The number of ether oxygens (including phenoxy) is 1. The van der Waals surface area contributed by atoms with Crippen molar-refractivity contribution in [3.63, 3.8) is 0 Å². The predicted molar refractivity (Wildman–Crippen MR) is 97.3 cm³/mol. The summed E-state index contributed by atoms with van der Waals surface area (Å²) in [4.78, 5) is 11.8. The fourth-order valence-electron chi connectivity index (χ4n) is 2.56. The van der Waals surface area contributed by atoms with E-state index in [4.69, 9.17) is 4.74 Å². The molecule has 2 aromatic carbocycles. The molecule has 4 nitrogen and oxygen atoms in total. The van der Waals surface area contributed by atoms with Crippen LogP contribution in [0.2, 0.25) is 0 Å². The van der Waals surface area contributed by atoms with E-state index in [0.29, 0.717) is 13.1 Å². The normalized spacial score (nSPS) is 10.4. The first-order chi connectivity index (χ1) is 11.8. The second-order valence-electron chi connectivity index (χ2n) is 5.68. The summed E-state index contributed by atoms with van der Waals surface area (Å²) in [5, 5.41) is 6.12. The molecule has 24 heavy (non-hydrogen) atoms. The van der Waals surface area contributed by atoms with Crippen molar-refractivity contribution < 1.29 is 9.53 Å². The Labute approximate surface area is 144 Å². The molecule has 0 spiro atoms. The molecule has 0 fully saturated rings. The van der Waals surface area contributed by atoms with E-state index in [1.807, 2.05) is 42.5 Å². The van der Waals surface area contributed by atoms with Crippen LogP contribution >= 0.6 is 0 Å². The molecule has 0 bridgehead atoms. The van der Waals surface area contributed by atoms with Gasteiger partial charge in [0.1, 0.15) is 5.75 Å². The van der Waals surface area contributed by atoms with Gasteiger partial charge >= 0.3 is 0 Å². The molecule has 0 radical (unpaired) electrons. The van der Waals surface area contributed by atoms with Gasteiger partial charge in [0.2, 0.25) is 5.91 Å². The molecule has 0 atom stereocenters. The lowest BCUT2D eigenvalue weighted by molar-refractivity contribution is -0.120. The van der Waals surface area contributed by atoms with Crippen molar-refractivity contribution in [3.8, 4) is 5.75 Å². The van der Waals surface area contributed by atoms with Gasteiger partial charge in [-0.15, -0.1) is 0 Å². The summed E-state index contributed by atoms with van der Waals surface area (Å²) in [7, 11) is 1.68. The van der Waals surface area contributed by atoms with Crippen LogP contribution in [0.3, 0.4) is 0 Å². The number of aryl methyl sites for hydroxylation is 1. The number of carbonyl (C=O) groups is 1. The summed E-state index contributed by atoms with van der Waals surface area (Å²) in [6.45, 7) is 1.81. The van der Waals surface area contributed by atoms with E-state index >= 15 is 0 Å². The van der Waals surface area contributed by atoms with Gasteiger partial charge in [-0.3, -0.25) is 4.79 Å². The van der Waals surface area contributed by atoms with E-state index < -0.39 is 0 Å². The van der Waals surface area contributed by atoms with Crippen LogP contribution < -0.4 is 15.4 Å². The zero-order valence-corrected chi connectivity index (χ0v) is 14.3. The number of amides is 1. The minimum absolute atomic E-state index is 0.0445. The van der Waals surface area contributed by atoms with Crippen LogP contribution in [0.1, 0.15) is 17.5 Å². The molecule has 2 N–H and O–H groups in total. The van der Waals surface area contributed by atoms with E-state index in [9.17, 15) is 4.79 Å². The van der Waals surface area contributed by atoms with Gasteiger partial charge in [0, 0.05) is 6.54 Å². The summed E-state index contributed by atoms with van der Waals surface area (Å²) in [6.07, 6.45) is 2.78. The molecule has 2 aromatic rings. The highest BCUT2D eigenvalue weighted by Gasteiger charge is 2.03. The van der Waals surface area contributed by atoms with Gasteiger partial charge in [-0.2, -0.15) is 0 Å². The van der Waals surface area contributed by atoms with Crippen molar-refractivity contribution in [1.29, 1.82) is 0 Å². The molecule has 0 aliphatic heterocycles. The minimum Gasteiger partial charge on any atom is -0.496 e. The smallest absolute Gasteiger partial charge is 0.233 e. The maximum Gasteiger partial charge on any atom is 0.233 e. The Morgan fingerprint density at radius 1 is 0.958 bits per heavy atom. The van der Waals surface area contributed by atoms with Crippen molar-refractivity contribution in [1.82, 2.24) is 10.6 Å². The van der Waals surface area contributed by atoms with Gasteiger partial charge < -0.3 is 15.4 Å². The lowest BCUT2D eigenvalue weighted by Gasteiger charge is -2.09. The van der Waals surface area contributed by atoms with Crippen molar-refractivity contribution in [2.75, 3.05) is 26.7 Å². The first kappa shape index (κ1) is 18.0. The van der Waals surface area contributed by atoms with Crippen LogP contribution in [0.25, 0.3) is 0 Å². The Morgan fingerprint density at radius 2 is 1.71 bits per heavy atom. The SMILES string of the molecule is COc1ccccc1CCNCC(=O)NCCCc1ccccc1. The summed E-state index contributed by atoms with van der Waals surface area (Å²) in [6, 6.07) is 18.3. The number of hydrogen-bond donors (Lipinski definition) is 2. The van der Waals surface area contributed by atoms with Crippen LogP contribution in [0.5, 0.6) is 5.75 Å². The molecule has 0 saturated heterocycles. The lowest BCUT2D eigenvalue weighted by atomic mass is 10.1. The maximum atomic E-state index is 11.8. The van der Waals surface area contributed by atoms with Gasteiger partial charge in [-0.25, -0.2) is 0 Å². The zero-order chi connectivity index (χ0) is 17.0. The highest BCUT2D eigenvalue weighted by molar-refractivity contribution is 5.77. The van der Waals surface area contributed by atoms with E-state index in [1.54, 1.807) is 7.11 Å². The fraction of sp³-hybridized carbons (Fsp3) is 0.350. The maximum absolute atomic E-state index is 11.8. The molecular formula is C20H26N2O2. The van der Waals surface area contributed by atoms with Crippen LogP contribution in [0.4, 0.5) is 0 Å². The number of methoxy groups -OCH3 is 1. The van der Waals surface area contributed by atoms with Crippen molar-refractivity contribution >= 4 is 5.91 Å². The van der Waals surface area contributed by atoms with Crippen LogP contribution in [-0.4, -0.2) is 32.7 Å². The van der Waals surface area contributed by atoms with Crippen molar-refractivity contribution in [2.45, 2.75) is 19.3 Å². The largest absolute Gasteiger partial charge is 0.496 e. The van der Waals surface area contributed by atoms with Gasteiger partial charge in [0.05, 0.1) is 13.7 Å². The third kappa shape index (κ3) is 6.42. The van der Waals surface area contributed by atoms with E-state index in [0.717, 1.165) is 37.1 Å². The third-order valence-corrected chi connectivity index (χ3v) is 3.86. The molecule has 0 aliphatic rings. The van der Waals surface area contributed by atoms with E-state index in [1.165, 1.54) is 5.56 Å². The Bertz CT molecular complexity index is 614. The average Bonchev–Trinajstić information content (AvgIpc) is 2.63. The first-order valence-corrected chi connectivity index (χ1v) is 8.43. The molecule has 2 rings (SSSR count). The van der Waals surface area contributed by atoms with Crippen molar-refractivity contribution in [2.24, 2.45) is 0 Å². The number of nitrogens with one attached hydrogen (secondary N) is 2. The molecule has 0 heterocycles. The Morgan fingerprint density at radius 3 is 2.50 bits per heavy atom. The second-order valence-corrected chi connectivity index (χ2v) is 5.68. The number of rotatable bonds is 10. The Kier molecular flexibility index (Phi) is 7.84. The van der Waals surface area contributed by atoms with Crippen LogP contribution in [0.15, 0.2) is 54.6 Å². The predicted octanol–water partition coefficient (Wildman–Crippen LogP) is 2.58. The molecular weight excluding hydrogens is 300 g/mol. The van der Waals surface area contributed by atoms with Crippen LogP contribution in [-0.2, 0) is 17.6 Å². The number of hydrogen-bond acceptors (Lipinski definition) is 3. The second kappa shape index (κ2) is 10.4. The van der Waals surface area contributed by atoms with E-state index in [-0.39, 0.29) is 5.91 Å². The topological polar surface area (TPSA) is 50.4 Å².